The van der Waals surface area contributed by atoms with Crippen molar-refractivity contribution in [2.75, 3.05) is 0 Å². The number of nitrogens with one attached hydrogen (secondary N) is 1. The fourth-order valence-corrected chi connectivity index (χ4v) is 1.10. The van der Waals surface area contributed by atoms with Crippen molar-refractivity contribution >= 4 is 0 Å². The molecule has 1 fully saturated rings. The van der Waals surface area contributed by atoms with Crippen molar-refractivity contribution in [2.45, 2.75) is 51.6 Å². The van der Waals surface area contributed by atoms with Gasteiger partial charge in [-0.2, -0.15) is 0 Å². The lowest BCUT2D eigenvalue weighted by Gasteiger charge is -2.29. The molecular weight excluding hydrogens is 110 g/mol. The first-order chi connectivity index (χ1) is 4.33. The summed E-state index contributed by atoms with van der Waals surface area (Å²) in [4.78, 5) is 0. The van der Waals surface area contributed by atoms with Gasteiger partial charge >= 0.3 is 0 Å². The van der Waals surface area contributed by atoms with Gasteiger partial charge in [0.05, 0.1) is 0 Å². The molecule has 54 valence electrons. The molecule has 0 unspecified atom stereocenters. The Morgan fingerprint density at radius 2 is 2.22 bits per heavy atom. The molecule has 1 aliphatic rings. The number of hydrogen-bond acceptors (Lipinski definition) is 1. The first kappa shape index (κ1) is 7.07. The minimum Gasteiger partial charge on any atom is -0.312 e. The molecule has 0 heterocycles. The third kappa shape index (κ3) is 1.98. The van der Waals surface area contributed by atoms with Crippen LogP contribution in [-0.4, -0.2) is 12.1 Å². The quantitative estimate of drug-likeness (QED) is 0.611. The summed E-state index contributed by atoms with van der Waals surface area (Å²) in [6.45, 7) is 4.49. The molecule has 0 spiro atoms. The minimum atomic E-state index is 0.732. The topological polar surface area (TPSA) is 12.0 Å². The Balaban J connectivity index is 2.01. The first-order valence-electron chi connectivity index (χ1n) is 4.09. The Bertz CT molecular complexity index is 73.9. The van der Waals surface area contributed by atoms with Crippen molar-refractivity contribution in [3.05, 3.63) is 0 Å². The van der Waals surface area contributed by atoms with Crippen molar-refractivity contribution < 1.29 is 0 Å². The van der Waals surface area contributed by atoms with Gasteiger partial charge in [0.25, 0.3) is 0 Å². The molecule has 1 aliphatic carbocycles. The van der Waals surface area contributed by atoms with Gasteiger partial charge in [0.1, 0.15) is 0 Å². The largest absolute Gasteiger partial charge is 0.312 e. The smallest absolute Gasteiger partial charge is 0.00695 e. The molecule has 0 radical (unpaired) electrons. The highest BCUT2D eigenvalue weighted by atomic mass is 14.9. The summed E-state index contributed by atoms with van der Waals surface area (Å²) < 4.78 is 0. The molecule has 0 amide bonds. The fourth-order valence-electron chi connectivity index (χ4n) is 1.10. The van der Waals surface area contributed by atoms with E-state index in [-0.39, 0.29) is 0 Å². The Morgan fingerprint density at radius 1 is 1.56 bits per heavy atom. The SMILES string of the molecule is CC[C@H](C)NC1CCC1. The number of hydrogen-bond donors (Lipinski definition) is 1. The summed E-state index contributed by atoms with van der Waals surface area (Å²) in [5, 5.41) is 3.57. The summed E-state index contributed by atoms with van der Waals surface area (Å²) >= 11 is 0. The van der Waals surface area contributed by atoms with E-state index in [1.807, 2.05) is 0 Å². The molecule has 0 saturated heterocycles. The van der Waals surface area contributed by atoms with Gasteiger partial charge in [0, 0.05) is 12.1 Å². The third-order valence-electron chi connectivity index (χ3n) is 2.24. The highest BCUT2D eigenvalue weighted by molar-refractivity contribution is 4.78. The number of rotatable bonds is 3. The normalized spacial score (nSPS) is 23.3. The second kappa shape index (κ2) is 3.21. The lowest BCUT2D eigenvalue weighted by atomic mass is 9.92. The van der Waals surface area contributed by atoms with Crippen LogP contribution in [0, 0.1) is 0 Å². The van der Waals surface area contributed by atoms with Crippen molar-refractivity contribution in [2.24, 2.45) is 0 Å². The average molecular weight is 127 g/mol. The van der Waals surface area contributed by atoms with E-state index in [4.69, 9.17) is 0 Å². The fraction of sp³-hybridized carbons (Fsp3) is 1.00. The van der Waals surface area contributed by atoms with Gasteiger partial charge in [0.15, 0.2) is 0 Å². The molecule has 1 rings (SSSR count). The predicted molar refractivity (Wildman–Crippen MR) is 40.5 cm³/mol. The zero-order valence-electron chi connectivity index (χ0n) is 6.48. The van der Waals surface area contributed by atoms with Crippen LogP contribution in [0.1, 0.15) is 39.5 Å². The van der Waals surface area contributed by atoms with Gasteiger partial charge in [-0.25, -0.2) is 0 Å². The van der Waals surface area contributed by atoms with Crippen LogP contribution in [0.5, 0.6) is 0 Å². The van der Waals surface area contributed by atoms with Gasteiger partial charge in [-0.1, -0.05) is 13.3 Å². The summed E-state index contributed by atoms with van der Waals surface area (Å²) in [7, 11) is 0. The highest BCUT2D eigenvalue weighted by Gasteiger charge is 2.17. The second-order valence-corrected chi connectivity index (χ2v) is 3.10. The standard InChI is InChI=1S/C8H17N/c1-3-7(2)9-8-5-4-6-8/h7-9H,3-6H2,1-2H3/t7-/m0/s1. The van der Waals surface area contributed by atoms with Crippen molar-refractivity contribution in [3.8, 4) is 0 Å². The van der Waals surface area contributed by atoms with Crippen LogP contribution in [-0.2, 0) is 0 Å². The second-order valence-electron chi connectivity index (χ2n) is 3.10. The molecule has 1 saturated carbocycles. The van der Waals surface area contributed by atoms with Crippen LogP contribution >= 0.6 is 0 Å². The molecule has 1 nitrogen and oxygen atoms in total. The third-order valence-corrected chi connectivity index (χ3v) is 2.24. The average Bonchev–Trinajstić information content (AvgIpc) is 1.78. The molecule has 0 aromatic carbocycles. The van der Waals surface area contributed by atoms with E-state index in [0.717, 1.165) is 12.1 Å². The minimum absolute atomic E-state index is 0.732. The van der Waals surface area contributed by atoms with E-state index in [1.54, 1.807) is 0 Å². The Labute approximate surface area is 57.8 Å². The van der Waals surface area contributed by atoms with E-state index in [1.165, 1.54) is 25.7 Å². The van der Waals surface area contributed by atoms with Crippen molar-refractivity contribution in [3.63, 3.8) is 0 Å². The maximum atomic E-state index is 3.57. The lowest BCUT2D eigenvalue weighted by Crippen LogP contribution is -2.40. The van der Waals surface area contributed by atoms with Crippen molar-refractivity contribution in [1.29, 1.82) is 0 Å². The van der Waals surface area contributed by atoms with E-state index < -0.39 is 0 Å². The zero-order chi connectivity index (χ0) is 6.69. The van der Waals surface area contributed by atoms with E-state index in [0.29, 0.717) is 0 Å². The van der Waals surface area contributed by atoms with Gasteiger partial charge in [-0.05, 0) is 26.2 Å². The van der Waals surface area contributed by atoms with Gasteiger partial charge < -0.3 is 5.32 Å². The molecule has 0 bridgehead atoms. The van der Waals surface area contributed by atoms with E-state index >= 15 is 0 Å². The molecule has 9 heavy (non-hydrogen) atoms. The lowest BCUT2D eigenvalue weighted by molar-refractivity contribution is 0.308. The van der Waals surface area contributed by atoms with Crippen LogP contribution in [0.2, 0.25) is 0 Å². The first-order valence-corrected chi connectivity index (χ1v) is 4.09. The molecule has 0 aromatic heterocycles. The van der Waals surface area contributed by atoms with Crippen LogP contribution in [0.3, 0.4) is 0 Å². The monoisotopic (exact) mass is 127 g/mol. The summed E-state index contributed by atoms with van der Waals surface area (Å²) in [5.41, 5.74) is 0. The van der Waals surface area contributed by atoms with Crippen LogP contribution in [0.15, 0.2) is 0 Å². The molecule has 1 atom stereocenters. The molecule has 0 aliphatic heterocycles. The van der Waals surface area contributed by atoms with Gasteiger partial charge in [-0.3, -0.25) is 0 Å². The van der Waals surface area contributed by atoms with Crippen molar-refractivity contribution in [1.82, 2.24) is 5.32 Å². The maximum absolute atomic E-state index is 3.57. The molecule has 1 heteroatoms. The van der Waals surface area contributed by atoms with E-state index in [9.17, 15) is 0 Å². The molecule has 1 N–H and O–H groups in total. The molecule has 0 aromatic rings. The molecular formula is C8H17N. The maximum Gasteiger partial charge on any atom is 0.00695 e. The van der Waals surface area contributed by atoms with Crippen LogP contribution in [0.4, 0.5) is 0 Å². The van der Waals surface area contributed by atoms with Crippen LogP contribution in [0.25, 0.3) is 0 Å². The summed E-state index contributed by atoms with van der Waals surface area (Å²) in [6, 6.07) is 1.59. The summed E-state index contributed by atoms with van der Waals surface area (Å²) in [5.74, 6) is 0. The van der Waals surface area contributed by atoms with Crippen LogP contribution < -0.4 is 5.32 Å². The van der Waals surface area contributed by atoms with E-state index in [2.05, 4.69) is 19.2 Å². The predicted octanol–water partition coefficient (Wildman–Crippen LogP) is 1.93. The Morgan fingerprint density at radius 3 is 2.56 bits per heavy atom. The Hall–Kier alpha value is -0.0400. The highest BCUT2D eigenvalue weighted by Crippen LogP contribution is 2.18. The van der Waals surface area contributed by atoms with Gasteiger partial charge in [-0.15, -0.1) is 0 Å². The Kier molecular flexibility index (Phi) is 2.52. The summed E-state index contributed by atoms with van der Waals surface area (Å²) in [6.07, 6.45) is 5.51. The van der Waals surface area contributed by atoms with Gasteiger partial charge in [0.2, 0.25) is 0 Å². The zero-order valence-corrected chi connectivity index (χ0v) is 6.48.